The van der Waals surface area contributed by atoms with Crippen molar-refractivity contribution in [3.63, 3.8) is 0 Å². The van der Waals surface area contributed by atoms with Gasteiger partial charge in [-0.1, -0.05) is 18.2 Å². The number of guanidine groups is 1. The van der Waals surface area contributed by atoms with E-state index in [0.717, 1.165) is 30.6 Å². The van der Waals surface area contributed by atoms with Crippen molar-refractivity contribution >= 4 is 17.7 Å². The molecule has 0 atom stereocenters. The maximum Gasteiger partial charge on any atom is 0.191 e. The van der Waals surface area contributed by atoms with Crippen molar-refractivity contribution in [1.29, 1.82) is 0 Å². The molecule has 2 aromatic rings. The van der Waals surface area contributed by atoms with Crippen LogP contribution in [0.5, 0.6) is 0 Å². The van der Waals surface area contributed by atoms with Crippen LogP contribution in [0.4, 0.5) is 0 Å². The summed E-state index contributed by atoms with van der Waals surface area (Å²) in [7, 11) is 0. The van der Waals surface area contributed by atoms with Gasteiger partial charge in [-0.15, -0.1) is 10.2 Å². The molecule has 7 heteroatoms. The first kappa shape index (κ1) is 18.3. The lowest BCUT2D eigenvalue weighted by Crippen LogP contribution is -2.43. The van der Waals surface area contributed by atoms with Gasteiger partial charge in [-0.2, -0.15) is 11.8 Å². The minimum Gasteiger partial charge on any atom is -0.357 e. The van der Waals surface area contributed by atoms with Gasteiger partial charge in [0, 0.05) is 23.5 Å². The minimum atomic E-state index is 0.153. The smallest absolute Gasteiger partial charge is 0.191 e. The Hall–Kier alpha value is -2.02. The third kappa shape index (κ3) is 5.26. The van der Waals surface area contributed by atoms with E-state index in [9.17, 15) is 0 Å². The molecule has 0 radical (unpaired) electrons. The Morgan fingerprint density at radius 3 is 2.67 bits per heavy atom. The second kappa shape index (κ2) is 8.73. The van der Waals surface area contributed by atoms with E-state index in [0.29, 0.717) is 6.54 Å². The summed E-state index contributed by atoms with van der Waals surface area (Å²) in [6, 6.07) is 10.0. The Morgan fingerprint density at radius 1 is 1.25 bits per heavy atom. The molecule has 0 aliphatic rings. The van der Waals surface area contributed by atoms with E-state index in [1.54, 1.807) is 6.33 Å². The molecule has 0 fully saturated rings. The van der Waals surface area contributed by atoms with Gasteiger partial charge in [0.25, 0.3) is 0 Å². The zero-order valence-electron chi connectivity index (χ0n) is 14.8. The molecule has 2 rings (SSSR count). The highest BCUT2D eigenvalue weighted by Gasteiger charge is 2.16. The van der Waals surface area contributed by atoms with Gasteiger partial charge in [0.15, 0.2) is 11.8 Å². The molecular weight excluding hydrogens is 320 g/mol. The summed E-state index contributed by atoms with van der Waals surface area (Å²) in [4.78, 5) is 4.64. The van der Waals surface area contributed by atoms with Crippen molar-refractivity contribution in [2.75, 3.05) is 19.3 Å². The van der Waals surface area contributed by atoms with Gasteiger partial charge >= 0.3 is 0 Å². The van der Waals surface area contributed by atoms with Gasteiger partial charge < -0.3 is 10.6 Å². The third-order valence-electron chi connectivity index (χ3n) is 3.61. The molecule has 6 nitrogen and oxygen atoms in total. The average Bonchev–Trinajstić information content (AvgIpc) is 3.07. The van der Waals surface area contributed by atoms with Crippen LogP contribution in [0.1, 0.15) is 26.6 Å². The van der Waals surface area contributed by atoms with Crippen LogP contribution in [-0.4, -0.2) is 44.8 Å². The van der Waals surface area contributed by atoms with Crippen LogP contribution < -0.4 is 10.6 Å². The Bertz CT molecular complexity index is 650. The summed E-state index contributed by atoms with van der Waals surface area (Å²) in [5.41, 5.74) is 1.04. The lowest BCUT2D eigenvalue weighted by atomic mass is 10.2. The number of hydrogen-bond acceptors (Lipinski definition) is 4. The standard InChI is InChI=1S/C17H26N6S/c1-5-18-16(20-12-17(2,3)24-4)19-11-15-22-21-13-23(15)14-9-7-6-8-10-14/h6-10,13H,5,11-12H2,1-4H3,(H2,18,19,20). The lowest BCUT2D eigenvalue weighted by molar-refractivity contribution is 0.663. The predicted octanol–water partition coefficient (Wildman–Crippen LogP) is 2.46. The monoisotopic (exact) mass is 346 g/mol. The summed E-state index contributed by atoms with van der Waals surface area (Å²) < 4.78 is 2.11. The molecule has 24 heavy (non-hydrogen) atoms. The Kier molecular flexibility index (Phi) is 6.66. The SMILES string of the molecule is CCNC(=NCc1nncn1-c1ccccc1)NCC(C)(C)SC. The summed E-state index contributed by atoms with van der Waals surface area (Å²) in [5, 5.41) is 14.9. The molecule has 0 saturated carbocycles. The van der Waals surface area contributed by atoms with Crippen molar-refractivity contribution in [2.24, 2.45) is 4.99 Å². The summed E-state index contributed by atoms with van der Waals surface area (Å²) in [6.07, 6.45) is 3.84. The molecule has 1 aromatic heterocycles. The first-order chi connectivity index (χ1) is 11.6. The van der Waals surface area contributed by atoms with Gasteiger partial charge in [0.05, 0.1) is 0 Å². The molecule has 0 saturated heterocycles. The fraction of sp³-hybridized carbons (Fsp3) is 0.471. The second-order valence-corrected chi connectivity index (χ2v) is 7.48. The normalized spacial score (nSPS) is 12.2. The predicted molar refractivity (Wildman–Crippen MR) is 102 cm³/mol. The van der Waals surface area contributed by atoms with Crippen LogP contribution in [-0.2, 0) is 6.54 Å². The fourth-order valence-corrected chi connectivity index (χ4v) is 2.25. The van der Waals surface area contributed by atoms with Crippen molar-refractivity contribution < 1.29 is 0 Å². The number of hydrogen-bond donors (Lipinski definition) is 2. The Morgan fingerprint density at radius 2 is 2.00 bits per heavy atom. The molecule has 1 aromatic carbocycles. The summed E-state index contributed by atoms with van der Waals surface area (Å²) in [5.74, 6) is 1.60. The van der Waals surface area contributed by atoms with E-state index >= 15 is 0 Å². The average molecular weight is 347 g/mol. The third-order valence-corrected chi connectivity index (χ3v) is 4.86. The first-order valence-corrected chi connectivity index (χ1v) is 9.30. The van der Waals surface area contributed by atoms with Gasteiger partial charge in [-0.3, -0.25) is 4.57 Å². The number of nitrogens with one attached hydrogen (secondary N) is 2. The Labute approximate surface area is 148 Å². The number of para-hydroxylation sites is 1. The zero-order chi connectivity index (χ0) is 17.4. The number of rotatable bonds is 7. The number of benzene rings is 1. The highest BCUT2D eigenvalue weighted by atomic mass is 32.2. The first-order valence-electron chi connectivity index (χ1n) is 8.07. The van der Waals surface area contributed by atoms with E-state index in [1.807, 2.05) is 46.7 Å². The van der Waals surface area contributed by atoms with Crippen LogP contribution in [0.3, 0.4) is 0 Å². The quantitative estimate of drug-likeness (QED) is 0.595. The maximum absolute atomic E-state index is 4.64. The highest BCUT2D eigenvalue weighted by Crippen LogP contribution is 2.19. The van der Waals surface area contributed by atoms with E-state index in [1.165, 1.54) is 0 Å². The van der Waals surface area contributed by atoms with Crippen LogP contribution in [0.25, 0.3) is 5.69 Å². The second-order valence-electron chi connectivity index (χ2n) is 5.97. The van der Waals surface area contributed by atoms with Crippen LogP contribution in [0, 0.1) is 0 Å². The van der Waals surface area contributed by atoms with Crippen molar-refractivity contribution in [3.05, 3.63) is 42.5 Å². The molecule has 1 heterocycles. The van der Waals surface area contributed by atoms with Gasteiger partial charge in [-0.05, 0) is 39.2 Å². The molecule has 0 spiro atoms. The molecule has 0 aliphatic heterocycles. The minimum absolute atomic E-state index is 0.153. The number of nitrogens with zero attached hydrogens (tertiary/aromatic N) is 4. The molecule has 0 amide bonds. The topological polar surface area (TPSA) is 67.1 Å². The van der Waals surface area contributed by atoms with E-state index in [2.05, 4.69) is 52.9 Å². The molecule has 0 unspecified atom stereocenters. The van der Waals surface area contributed by atoms with Crippen LogP contribution >= 0.6 is 11.8 Å². The number of aromatic nitrogens is 3. The molecule has 2 N–H and O–H groups in total. The molecular formula is C17H26N6S. The molecule has 0 bridgehead atoms. The van der Waals surface area contributed by atoms with E-state index < -0.39 is 0 Å². The van der Waals surface area contributed by atoms with Crippen molar-refractivity contribution in [1.82, 2.24) is 25.4 Å². The zero-order valence-corrected chi connectivity index (χ0v) is 15.6. The maximum atomic E-state index is 4.64. The van der Waals surface area contributed by atoms with Crippen LogP contribution in [0.15, 0.2) is 41.7 Å². The van der Waals surface area contributed by atoms with Gasteiger partial charge in [-0.25, -0.2) is 4.99 Å². The lowest BCUT2D eigenvalue weighted by Gasteiger charge is -2.23. The van der Waals surface area contributed by atoms with E-state index in [4.69, 9.17) is 0 Å². The number of aliphatic imine (C=N–C) groups is 1. The van der Waals surface area contributed by atoms with Gasteiger partial charge in [0.1, 0.15) is 12.9 Å². The fourth-order valence-electron chi connectivity index (χ4n) is 2.03. The molecule has 130 valence electrons. The van der Waals surface area contributed by atoms with E-state index in [-0.39, 0.29) is 4.75 Å². The highest BCUT2D eigenvalue weighted by molar-refractivity contribution is 7.99. The molecule has 0 aliphatic carbocycles. The van der Waals surface area contributed by atoms with Crippen molar-refractivity contribution in [3.8, 4) is 5.69 Å². The summed E-state index contributed by atoms with van der Waals surface area (Å²) in [6.45, 7) is 8.59. The largest absolute Gasteiger partial charge is 0.357 e. The summed E-state index contributed by atoms with van der Waals surface area (Å²) >= 11 is 1.83. The van der Waals surface area contributed by atoms with Crippen LogP contribution in [0.2, 0.25) is 0 Å². The Balaban J connectivity index is 2.08. The van der Waals surface area contributed by atoms with Gasteiger partial charge in [0.2, 0.25) is 0 Å². The van der Waals surface area contributed by atoms with Crippen molar-refractivity contribution in [2.45, 2.75) is 32.1 Å². The number of thioether (sulfide) groups is 1.